The molecular formula is C48H32N2O2. The van der Waals surface area contributed by atoms with Gasteiger partial charge in [-0.1, -0.05) is 97.1 Å². The predicted molar refractivity (Wildman–Crippen MR) is 216 cm³/mol. The summed E-state index contributed by atoms with van der Waals surface area (Å²) >= 11 is 0. The molecule has 0 unspecified atom stereocenters. The molecule has 8 aromatic carbocycles. The summed E-state index contributed by atoms with van der Waals surface area (Å²) in [5, 5.41) is 4.38. The molecule has 0 aliphatic carbocycles. The quantitative estimate of drug-likeness (QED) is 0.169. The normalized spacial score (nSPS) is 11.5. The number of hydrogen-bond donors (Lipinski definition) is 0. The van der Waals surface area contributed by atoms with Gasteiger partial charge in [-0.05, 0) is 108 Å². The Morgan fingerprint density at radius 3 is 1.02 bits per heavy atom. The van der Waals surface area contributed by atoms with Crippen molar-refractivity contribution in [2.75, 3.05) is 9.80 Å². The first-order chi connectivity index (χ1) is 25.8. The van der Waals surface area contributed by atoms with Gasteiger partial charge in [0.2, 0.25) is 0 Å². The summed E-state index contributed by atoms with van der Waals surface area (Å²) in [4.78, 5) is 4.59. The monoisotopic (exact) mass is 668 g/mol. The smallest absolute Gasteiger partial charge is 0.135 e. The summed E-state index contributed by atoms with van der Waals surface area (Å²) in [6, 6.07) is 68.0. The molecule has 246 valence electrons. The second kappa shape index (κ2) is 12.4. The molecule has 0 bridgehead atoms. The van der Waals surface area contributed by atoms with E-state index in [1.54, 1.807) is 0 Å². The molecule has 0 N–H and O–H groups in total. The second-order valence-corrected chi connectivity index (χ2v) is 13.0. The average Bonchev–Trinajstić information content (AvgIpc) is 3.77. The summed E-state index contributed by atoms with van der Waals surface area (Å²) in [6.45, 7) is 0. The van der Waals surface area contributed by atoms with Crippen molar-refractivity contribution >= 4 is 78.0 Å². The van der Waals surface area contributed by atoms with Crippen molar-refractivity contribution in [2.24, 2.45) is 0 Å². The maximum Gasteiger partial charge on any atom is 0.135 e. The van der Waals surface area contributed by atoms with Gasteiger partial charge < -0.3 is 18.6 Å². The standard InChI is InChI=1S/C48H32N2O2/c1-3-11-35(12-4-1)49(36-13-5-2-6-14-36)37-23-19-33(20-24-37)34-21-25-38(26-22-34)50(39-27-29-47-43(31-39)41-15-7-9-17-45(41)51-47)40-28-30-48-44(32-40)42-16-8-10-18-46(42)52-48/h1-32H. The van der Waals surface area contributed by atoms with E-state index in [0.29, 0.717) is 0 Å². The predicted octanol–water partition coefficient (Wildman–Crippen LogP) is 14.1. The number of furan rings is 2. The Labute approximate surface area is 301 Å². The molecule has 0 atom stereocenters. The number of nitrogens with zero attached hydrogens (tertiary/aromatic N) is 2. The molecule has 0 aliphatic rings. The van der Waals surface area contributed by atoms with Crippen LogP contribution in [-0.2, 0) is 0 Å². The highest BCUT2D eigenvalue weighted by atomic mass is 16.3. The number of benzene rings is 8. The van der Waals surface area contributed by atoms with E-state index in [2.05, 4.69) is 180 Å². The first kappa shape index (κ1) is 29.8. The van der Waals surface area contributed by atoms with Gasteiger partial charge in [0, 0.05) is 55.7 Å². The first-order valence-electron chi connectivity index (χ1n) is 17.5. The maximum absolute atomic E-state index is 6.20. The lowest BCUT2D eigenvalue weighted by atomic mass is 10.0. The lowest BCUT2D eigenvalue weighted by Crippen LogP contribution is -2.10. The molecule has 4 nitrogen and oxygen atoms in total. The highest BCUT2D eigenvalue weighted by Gasteiger charge is 2.18. The van der Waals surface area contributed by atoms with E-state index in [-0.39, 0.29) is 0 Å². The average molecular weight is 669 g/mol. The molecule has 0 radical (unpaired) electrons. The lowest BCUT2D eigenvalue weighted by Gasteiger charge is -2.26. The Balaban J connectivity index is 1.05. The van der Waals surface area contributed by atoms with E-state index in [4.69, 9.17) is 8.83 Å². The van der Waals surface area contributed by atoms with E-state index in [1.165, 1.54) is 0 Å². The van der Waals surface area contributed by atoms with Crippen LogP contribution in [0.25, 0.3) is 55.0 Å². The zero-order valence-electron chi connectivity index (χ0n) is 28.2. The number of anilines is 6. The first-order valence-corrected chi connectivity index (χ1v) is 17.5. The van der Waals surface area contributed by atoms with Crippen molar-refractivity contribution in [1.29, 1.82) is 0 Å². The van der Waals surface area contributed by atoms with Gasteiger partial charge in [0.1, 0.15) is 22.3 Å². The number of rotatable bonds is 7. The van der Waals surface area contributed by atoms with Gasteiger partial charge in [0.25, 0.3) is 0 Å². The largest absolute Gasteiger partial charge is 0.456 e. The van der Waals surface area contributed by atoms with Gasteiger partial charge >= 0.3 is 0 Å². The summed E-state index contributed by atoms with van der Waals surface area (Å²) in [5.41, 5.74) is 12.3. The SMILES string of the molecule is c1ccc(N(c2ccccc2)c2ccc(-c3ccc(N(c4ccc5oc6ccccc6c5c4)c4ccc5oc6ccccc6c5c4)cc3)cc2)cc1. The molecule has 0 fully saturated rings. The van der Waals surface area contributed by atoms with Gasteiger partial charge in [-0.15, -0.1) is 0 Å². The van der Waals surface area contributed by atoms with E-state index < -0.39 is 0 Å². The van der Waals surface area contributed by atoms with Gasteiger partial charge in [-0.3, -0.25) is 0 Å². The van der Waals surface area contributed by atoms with E-state index in [0.717, 1.165) is 89.1 Å². The summed E-state index contributed by atoms with van der Waals surface area (Å²) < 4.78 is 12.4. The van der Waals surface area contributed by atoms with Crippen LogP contribution in [0, 0.1) is 0 Å². The highest BCUT2D eigenvalue weighted by Crippen LogP contribution is 2.42. The van der Waals surface area contributed by atoms with Gasteiger partial charge in [0.05, 0.1) is 0 Å². The highest BCUT2D eigenvalue weighted by molar-refractivity contribution is 6.08. The van der Waals surface area contributed by atoms with Crippen LogP contribution in [-0.4, -0.2) is 0 Å². The Morgan fingerprint density at radius 1 is 0.250 bits per heavy atom. The number of fused-ring (bicyclic) bond motifs is 6. The minimum atomic E-state index is 0.873. The van der Waals surface area contributed by atoms with Crippen molar-refractivity contribution in [2.45, 2.75) is 0 Å². The molecule has 10 aromatic rings. The van der Waals surface area contributed by atoms with E-state index in [1.807, 2.05) is 24.3 Å². The number of hydrogen-bond acceptors (Lipinski definition) is 4. The van der Waals surface area contributed by atoms with Crippen LogP contribution < -0.4 is 9.80 Å². The van der Waals surface area contributed by atoms with Crippen LogP contribution >= 0.6 is 0 Å². The third kappa shape index (κ3) is 5.17. The van der Waals surface area contributed by atoms with Crippen LogP contribution in [0.5, 0.6) is 0 Å². The molecule has 2 aromatic heterocycles. The zero-order valence-corrected chi connectivity index (χ0v) is 28.2. The molecule has 0 saturated carbocycles. The van der Waals surface area contributed by atoms with Crippen LogP contribution in [0.1, 0.15) is 0 Å². The molecule has 2 heterocycles. The van der Waals surface area contributed by atoms with Crippen molar-refractivity contribution in [3.05, 3.63) is 194 Å². The third-order valence-electron chi connectivity index (χ3n) is 9.85. The Kier molecular flexibility index (Phi) is 7.10. The topological polar surface area (TPSA) is 32.8 Å². The third-order valence-corrected chi connectivity index (χ3v) is 9.85. The van der Waals surface area contributed by atoms with Crippen LogP contribution in [0.15, 0.2) is 203 Å². The lowest BCUT2D eigenvalue weighted by molar-refractivity contribution is 0.668. The molecule has 52 heavy (non-hydrogen) atoms. The molecule has 10 rings (SSSR count). The van der Waals surface area contributed by atoms with Gasteiger partial charge in [-0.2, -0.15) is 0 Å². The molecule has 0 aliphatic heterocycles. The molecule has 0 spiro atoms. The fourth-order valence-corrected chi connectivity index (χ4v) is 7.36. The van der Waals surface area contributed by atoms with Gasteiger partial charge in [-0.25, -0.2) is 0 Å². The zero-order chi connectivity index (χ0) is 34.4. The fourth-order valence-electron chi connectivity index (χ4n) is 7.36. The fraction of sp³-hybridized carbons (Fsp3) is 0. The second-order valence-electron chi connectivity index (χ2n) is 13.0. The van der Waals surface area contributed by atoms with E-state index in [9.17, 15) is 0 Å². The molecule has 4 heteroatoms. The summed E-state index contributed by atoms with van der Waals surface area (Å²) in [7, 11) is 0. The summed E-state index contributed by atoms with van der Waals surface area (Å²) in [6.07, 6.45) is 0. The van der Waals surface area contributed by atoms with Crippen molar-refractivity contribution < 1.29 is 8.83 Å². The Bertz CT molecular complexity index is 2680. The van der Waals surface area contributed by atoms with Crippen LogP contribution in [0.4, 0.5) is 34.1 Å². The molecule has 0 amide bonds. The Hall–Kier alpha value is -7.04. The molecule has 0 saturated heterocycles. The van der Waals surface area contributed by atoms with Crippen molar-refractivity contribution in [3.8, 4) is 11.1 Å². The number of para-hydroxylation sites is 4. The maximum atomic E-state index is 6.20. The molecular weight excluding hydrogens is 637 g/mol. The minimum Gasteiger partial charge on any atom is -0.456 e. The summed E-state index contributed by atoms with van der Waals surface area (Å²) in [5.74, 6) is 0. The van der Waals surface area contributed by atoms with Crippen molar-refractivity contribution in [3.63, 3.8) is 0 Å². The van der Waals surface area contributed by atoms with Crippen molar-refractivity contribution in [1.82, 2.24) is 0 Å². The Morgan fingerprint density at radius 2 is 0.577 bits per heavy atom. The van der Waals surface area contributed by atoms with Gasteiger partial charge in [0.15, 0.2) is 0 Å². The van der Waals surface area contributed by atoms with E-state index >= 15 is 0 Å². The van der Waals surface area contributed by atoms with Crippen LogP contribution in [0.2, 0.25) is 0 Å². The minimum absolute atomic E-state index is 0.873. The van der Waals surface area contributed by atoms with Crippen LogP contribution in [0.3, 0.4) is 0 Å².